The quantitative estimate of drug-likeness (QED) is 0.517. The van der Waals surface area contributed by atoms with Gasteiger partial charge in [-0.2, -0.15) is 0 Å². The molecule has 3 N–H and O–H groups in total. The zero-order chi connectivity index (χ0) is 21.0. The summed E-state index contributed by atoms with van der Waals surface area (Å²) in [4.78, 5) is 27.9. The number of amides is 1. The van der Waals surface area contributed by atoms with E-state index in [4.69, 9.17) is 0 Å². The van der Waals surface area contributed by atoms with Crippen molar-refractivity contribution in [1.82, 2.24) is 10.3 Å². The van der Waals surface area contributed by atoms with Gasteiger partial charge in [0.2, 0.25) is 5.43 Å². The van der Waals surface area contributed by atoms with Crippen molar-refractivity contribution in [3.05, 3.63) is 70.0 Å². The number of unbranched alkanes of at least 4 members (excludes halogenated alkanes) is 1. The van der Waals surface area contributed by atoms with Gasteiger partial charge in [0.25, 0.3) is 15.9 Å². The molecule has 3 rings (SSSR count). The Kier molecular flexibility index (Phi) is 6.03. The predicted octanol–water partition coefficient (Wildman–Crippen LogP) is 3.17. The number of H-pyrrole nitrogens is 1. The lowest BCUT2D eigenvalue weighted by atomic mass is 10.1. The molecule has 0 atom stereocenters. The summed E-state index contributed by atoms with van der Waals surface area (Å²) >= 11 is 0. The third-order valence-electron chi connectivity index (χ3n) is 4.61. The Morgan fingerprint density at radius 2 is 1.90 bits per heavy atom. The normalized spacial score (nSPS) is 11.4. The van der Waals surface area contributed by atoms with E-state index >= 15 is 0 Å². The van der Waals surface area contributed by atoms with Crippen molar-refractivity contribution in [2.24, 2.45) is 0 Å². The summed E-state index contributed by atoms with van der Waals surface area (Å²) < 4.78 is 28.1. The molecule has 0 bridgehead atoms. The van der Waals surface area contributed by atoms with Crippen LogP contribution in [0.25, 0.3) is 10.9 Å². The molecule has 1 amide bonds. The summed E-state index contributed by atoms with van der Waals surface area (Å²) in [5.41, 5.74) is 1.14. The highest BCUT2D eigenvalue weighted by Gasteiger charge is 2.18. The zero-order valence-electron chi connectivity index (χ0n) is 16.3. The fraction of sp³-hybridized carbons (Fsp3) is 0.238. The summed E-state index contributed by atoms with van der Waals surface area (Å²) in [6.07, 6.45) is 3.08. The molecule has 0 spiro atoms. The summed E-state index contributed by atoms with van der Waals surface area (Å²) in [7, 11) is -3.90. The van der Waals surface area contributed by atoms with E-state index in [1.807, 2.05) is 13.0 Å². The van der Waals surface area contributed by atoms with E-state index < -0.39 is 21.4 Å². The lowest BCUT2D eigenvalue weighted by Gasteiger charge is -2.11. The van der Waals surface area contributed by atoms with Crippen LogP contribution in [0.2, 0.25) is 0 Å². The molecule has 0 aliphatic carbocycles. The van der Waals surface area contributed by atoms with Crippen LogP contribution in [0.5, 0.6) is 0 Å². The first-order chi connectivity index (χ1) is 13.8. The molecule has 2 aromatic carbocycles. The number of hydrogen-bond acceptors (Lipinski definition) is 4. The first kappa shape index (κ1) is 20.6. The number of anilines is 1. The van der Waals surface area contributed by atoms with Gasteiger partial charge in [-0.05, 0) is 43.2 Å². The fourth-order valence-electron chi connectivity index (χ4n) is 2.90. The Labute approximate surface area is 169 Å². The summed E-state index contributed by atoms with van der Waals surface area (Å²) in [5.74, 6) is -0.479. The number of carbonyl (C=O) groups is 1. The van der Waals surface area contributed by atoms with Crippen LogP contribution in [0.15, 0.2) is 58.4 Å². The standard InChI is InChI=1S/C21H23N3O4S/c1-3-4-11-22-21(26)17-13-23-19-10-9-15(12-16(19)20(17)25)29(27,28)24-18-8-6-5-7-14(18)2/h5-10,12-13,24H,3-4,11H2,1-2H3,(H,22,26)(H,23,25). The molecule has 0 aliphatic rings. The average molecular weight is 413 g/mol. The number of aromatic nitrogens is 1. The second-order valence-corrected chi connectivity index (χ2v) is 8.45. The molecular weight excluding hydrogens is 390 g/mol. The molecule has 0 radical (unpaired) electrons. The van der Waals surface area contributed by atoms with Crippen LogP contribution in [0.1, 0.15) is 35.7 Å². The van der Waals surface area contributed by atoms with Gasteiger partial charge in [-0.15, -0.1) is 0 Å². The monoisotopic (exact) mass is 413 g/mol. The van der Waals surface area contributed by atoms with Crippen LogP contribution in [-0.4, -0.2) is 25.9 Å². The van der Waals surface area contributed by atoms with Gasteiger partial charge >= 0.3 is 0 Å². The molecule has 0 saturated carbocycles. The first-order valence-electron chi connectivity index (χ1n) is 9.35. The molecule has 3 aromatic rings. The number of nitrogens with one attached hydrogen (secondary N) is 3. The number of pyridine rings is 1. The predicted molar refractivity (Wildman–Crippen MR) is 114 cm³/mol. The lowest BCUT2D eigenvalue weighted by Crippen LogP contribution is -2.29. The SMILES string of the molecule is CCCCNC(=O)c1c[nH]c2ccc(S(=O)(=O)Nc3ccccc3C)cc2c1=O. The van der Waals surface area contributed by atoms with Gasteiger partial charge in [0, 0.05) is 23.6 Å². The van der Waals surface area contributed by atoms with Crippen molar-refractivity contribution in [3.8, 4) is 0 Å². The van der Waals surface area contributed by atoms with Crippen molar-refractivity contribution in [3.63, 3.8) is 0 Å². The Balaban J connectivity index is 1.98. The van der Waals surface area contributed by atoms with E-state index in [9.17, 15) is 18.0 Å². The number of sulfonamides is 1. The van der Waals surface area contributed by atoms with Gasteiger partial charge in [0.05, 0.1) is 10.6 Å². The number of carbonyl (C=O) groups excluding carboxylic acids is 1. The molecule has 8 heteroatoms. The minimum atomic E-state index is -3.90. The van der Waals surface area contributed by atoms with Crippen molar-refractivity contribution in [2.75, 3.05) is 11.3 Å². The molecule has 0 saturated heterocycles. The minimum Gasteiger partial charge on any atom is -0.360 e. The molecule has 1 aromatic heterocycles. The maximum Gasteiger partial charge on any atom is 0.261 e. The van der Waals surface area contributed by atoms with Gasteiger partial charge in [-0.3, -0.25) is 14.3 Å². The van der Waals surface area contributed by atoms with Gasteiger partial charge < -0.3 is 10.3 Å². The Bertz CT molecular complexity index is 1220. The second-order valence-electron chi connectivity index (χ2n) is 6.77. The second kappa shape index (κ2) is 8.48. The van der Waals surface area contributed by atoms with Gasteiger partial charge in [0.1, 0.15) is 5.56 Å². The van der Waals surface area contributed by atoms with Crippen molar-refractivity contribution in [1.29, 1.82) is 0 Å². The molecule has 29 heavy (non-hydrogen) atoms. The Morgan fingerprint density at radius 3 is 2.62 bits per heavy atom. The number of benzene rings is 2. The summed E-state index contributed by atoms with van der Waals surface area (Å²) in [5, 5.41) is 2.84. The zero-order valence-corrected chi connectivity index (χ0v) is 17.1. The Morgan fingerprint density at radius 1 is 1.14 bits per heavy atom. The van der Waals surface area contributed by atoms with Gasteiger partial charge in [-0.25, -0.2) is 8.42 Å². The fourth-order valence-corrected chi connectivity index (χ4v) is 4.06. The van der Waals surface area contributed by atoms with E-state index in [0.29, 0.717) is 17.7 Å². The van der Waals surface area contributed by atoms with Crippen molar-refractivity contribution >= 4 is 32.5 Å². The molecular formula is C21H23N3O4S. The van der Waals surface area contributed by atoms with E-state index in [-0.39, 0.29) is 15.8 Å². The van der Waals surface area contributed by atoms with Crippen LogP contribution < -0.4 is 15.5 Å². The van der Waals surface area contributed by atoms with E-state index in [0.717, 1.165) is 18.4 Å². The maximum absolute atomic E-state index is 12.8. The van der Waals surface area contributed by atoms with Gasteiger partial charge in [-0.1, -0.05) is 31.5 Å². The number of fused-ring (bicyclic) bond motifs is 1. The number of aromatic amines is 1. The van der Waals surface area contributed by atoms with E-state index in [2.05, 4.69) is 15.0 Å². The first-order valence-corrected chi connectivity index (χ1v) is 10.8. The lowest BCUT2D eigenvalue weighted by molar-refractivity contribution is 0.0952. The average Bonchev–Trinajstić information content (AvgIpc) is 2.70. The minimum absolute atomic E-state index is 0.0463. The topological polar surface area (TPSA) is 108 Å². The van der Waals surface area contributed by atoms with Crippen LogP contribution >= 0.6 is 0 Å². The highest BCUT2D eigenvalue weighted by atomic mass is 32.2. The third kappa shape index (κ3) is 4.48. The van der Waals surface area contributed by atoms with E-state index in [1.54, 1.807) is 25.1 Å². The van der Waals surface area contributed by atoms with Crippen LogP contribution in [0, 0.1) is 6.92 Å². The molecule has 1 heterocycles. The number of hydrogen-bond donors (Lipinski definition) is 3. The molecule has 7 nitrogen and oxygen atoms in total. The van der Waals surface area contributed by atoms with Crippen LogP contribution in [0.3, 0.4) is 0 Å². The molecule has 0 fully saturated rings. The third-order valence-corrected chi connectivity index (χ3v) is 5.98. The maximum atomic E-state index is 12.8. The molecule has 0 unspecified atom stereocenters. The van der Waals surface area contributed by atoms with Crippen LogP contribution in [0.4, 0.5) is 5.69 Å². The summed E-state index contributed by atoms with van der Waals surface area (Å²) in [6, 6.07) is 11.2. The number of para-hydroxylation sites is 1. The smallest absolute Gasteiger partial charge is 0.261 e. The molecule has 152 valence electrons. The largest absolute Gasteiger partial charge is 0.360 e. The van der Waals surface area contributed by atoms with Crippen molar-refractivity contribution in [2.45, 2.75) is 31.6 Å². The Hall–Kier alpha value is -3.13. The molecule has 0 aliphatic heterocycles. The van der Waals surface area contributed by atoms with E-state index in [1.165, 1.54) is 24.4 Å². The van der Waals surface area contributed by atoms with Crippen LogP contribution in [-0.2, 0) is 10.0 Å². The highest BCUT2D eigenvalue weighted by molar-refractivity contribution is 7.92. The number of rotatable bonds is 7. The summed E-state index contributed by atoms with van der Waals surface area (Å²) in [6.45, 7) is 4.27. The van der Waals surface area contributed by atoms with Crippen molar-refractivity contribution < 1.29 is 13.2 Å². The van der Waals surface area contributed by atoms with Gasteiger partial charge in [0.15, 0.2) is 0 Å². The highest BCUT2D eigenvalue weighted by Crippen LogP contribution is 2.21. The number of aryl methyl sites for hydroxylation is 1.